The third kappa shape index (κ3) is 3.18. The summed E-state index contributed by atoms with van der Waals surface area (Å²) in [4.78, 5) is 14.5. The van der Waals surface area contributed by atoms with Gasteiger partial charge in [0.25, 0.3) is 5.69 Å². The van der Waals surface area contributed by atoms with Crippen LogP contribution in [0.2, 0.25) is 5.02 Å². The minimum Gasteiger partial charge on any atom is -0.374 e. The van der Waals surface area contributed by atoms with Crippen LogP contribution in [0.15, 0.2) is 17.5 Å². The molecule has 0 bridgehead atoms. The van der Waals surface area contributed by atoms with Crippen LogP contribution in [0.25, 0.3) is 0 Å². The van der Waals surface area contributed by atoms with Gasteiger partial charge in [0.2, 0.25) is 0 Å². The zero-order valence-electron chi connectivity index (χ0n) is 9.81. The summed E-state index contributed by atoms with van der Waals surface area (Å²) in [5, 5.41) is 16.1. The molecule has 0 aliphatic heterocycles. The summed E-state index contributed by atoms with van der Waals surface area (Å²) in [7, 11) is 0. The third-order valence-electron chi connectivity index (χ3n) is 2.36. The molecule has 100 valence electrons. The quantitative estimate of drug-likeness (QED) is 0.689. The highest BCUT2D eigenvalue weighted by atomic mass is 35.5. The van der Waals surface area contributed by atoms with Gasteiger partial charge < -0.3 is 5.32 Å². The van der Waals surface area contributed by atoms with Crippen molar-refractivity contribution in [1.29, 1.82) is 0 Å². The van der Waals surface area contributed by atoms with Crippen LogP contribution in [0.3, 0.4) is 0 Å². The highest BCUT2D eigenvalue weighted by Gasteiger charge is 2.17. The largest absolute Gasteiger partial charge is 0.374 e. The zero-order valence-corrected chi connectivity index (χ0v) is 11.4. The summed E-state index contributed by atoms with van der Waals surface area (Å²) in [6.07, 6.45) is 0. The second kappa shape index (κ2) is 5.50. The highest BCUT2D eigenvalue weighted by Crippen LogP contribution is 2.30. The van der Waals surface area contributed by atoms with Crippen LogP contribution in [0, 0.1) is 22.9 Å². The Hall–Kier alpha value is -1.73. The van der Waals surface area contributed by atoms with Crippen LogP contribution < -0.4 is 5.32 Å². The maximum absolute atomic E-state index is 13.3. The lowest BCUT2D eigenvalue weighted by molar-refractivity contribution is -0.384. The van der Waals surface area contributed by atoms with Crippen LogP contribution in [-0.4, -0.2) is 9.91 Å². The number of nitrogens with one attached hydrogen (secondary N) is 1. The first-order valence-corrected chi connectivity index (χ1v) is 6.51. The van der Waals surface area contributed by atoms with E-state index in [4.69, 9.17) is 11.6 Å². The molecule has 1 N–H and O–H groups in total. The molecule has 0 saturated carbocycles. The third-order valence-corrected chi connectivity index (χ3v) is 3.47. The van der Waals surface area contributed by atoms with E-state index in [-0.39, 0.29) is 22.9 Å². The number of anilines is 1. The average molecular weight is 302 g/mol. The van der Waals surface area contributed by atoms with Crippen molar-refractivity contribution in [3.63, 3.8) is 0 Å². The number of hydrogen-bond acceptors (Lipinski definition) is 5. The number of halogens is 2. The SMILES string of the molecule is Cc1nc(CNc2cc(F)c(Cl)cc2[N+](=O)[O-])cs1. The number of thiazole rings is 1. The maximum atomic E-state index is 13.3. The van der Waals surface area contributed by atoms with Crippen LogP contribution in [0.4, 0.5) is 15.8 Å². The van der Waals surface area contributed by atoms with Crippen LogP contribution in [0.5, 0.6) is 0 Å². The zero-order chi connectivity index (χ0) is 14.0. The Balaban J connectivity index is 2.23. The Kier molecular flexibility index (Phi) is 3.96. The molecule has 1 heterocycles. The molecule has 0 aliphatic carbocycles. The van der Waals surface area contributed by atoms with E-state index in [9.17, 15) is 14.5 Å². The van der Waals surface area contributed by atoms with Gasteiger partial charge in [-0.25, -0.2) is 9.37 Å². The average Bonchev–Trinajstić information content (AvgIpc) is 2.76. The highest BCUT2D eigenvalue weighted by molar-refractivity contribution is 7.09. The lowest BCUT2D eigenvalue weighted by Crippen LogP contribution is -2.03. The molecule has 2 aromatic rings. The molecular weight excluding hydrogens is 293 g/mol. The van der Waals surface area contributed by atoms with Crippen molar-refractivity contribution in [2.75, 3.05) is 5.32 Å². The van der Waals surface area contributed by atoms with Gasteiger partial charge in [0.1, 0.15) is 11.5 Å². The van der Waals surface area contributed by atoms with E-state index < -0.39 is 10.7 Å². The van der Waals surface area contributed by atoms with Gasteiger partial charge in [0.05, 0.1) is 27.2 Å². The van der Waals surface area contributed by atoms with Gasteiger partial charge >= 0.3 is 0 Å². The van der Waals surface area contributed by atoms with Crippen molar-refractivity contribution in [1.82, 2.24) is 4.98 Å². The summed E-state index contributed by atoms with van der Waals surface area (Å²) in [5.41, 5.74) is 0.558. The van der Waals surface area contributed by atoms with Crippen LogP contribution in [0.1, 0.15) is 10.7 Å². The van der Waals surface area contributed by atoms with Gasteiger partial charge in [-0.1, -0.05) is 11.6 Å². The molecule has 0 atom stereocenters. The molecule has 1 aromatic carbocycles. The van der Waals surface area contributed by atoms with Crippen LogP contribution >= 0.6 is 22.9 Å². The predicted octanol–water partition coefficient (Wildman–Crippen LogP) is 3.76. The first-order valence-electron chi connectivity index (χ1n) is 5.25. The molecule has 19 heavy (non-hydrogen) atoms. The molecule has 2 rings (SSSR count). The van der Waals surface area contributed by atoms with Crippen molar-refractivity contribution in [2.45, 2.75) is 13.5 Å². The Morgan fingerprint density at radius 1 is 1.58 bits per heavy atom. The van der Waals surface area contributed by atoms with E-state index in [2.05, 4.69) is 10.3 Å². The Bertz CT molecular complexity index is 632. The number of rotatable bonds is 4. The maximum Gasteiger partial charge on any atom is 0.294 e. The van der Waals surface area contributed by atoms with Gasteiger partial charge in [-0.05, 0) is 6.92 Å². The topological polar surface area (TPSA) is 68.1 Å². The number of nitro groups is 1. The minimum absolute atomic E-state index is 0.0811. The van der Waals surface area contributed by atoms with E-state index in [1.54, 1.807) is 0 Å². The van der Waals surface area contributed by atoms with Crippen LogP contribution in [-0.2, 0) is 6.54 Å². The molecule has 1 aromatic heterocycles. The fraction of sp³-hybridized carbons (Fsp3) is 0.182. The normalized spacial score (nSPS) is 10.5. The number of nitrogens with zero attached hydrogens (tertiary/aromatic N) is 2. The second-order valence-corrected chi connectivity index (χ2v) is 5.22. The van der Waals surface area contributed by atoms with Gasteiger partial charge in [0, 0.05) is 17.5 Å². The van der Waals surface area contributed by atoms with E-state index in [0.717, 1.165) is 22.8 Å². The van der Waals surface area contributed by atoms with E-state index in [1.165, 1.54) is 11.3 Å². The summed E-state index contributed by atoms with van der Waals surface area (Å²) in [6, 6.07) is 2.01. The van der Waals surface area contributed by atoms with Gasteiger partial charge in [0.15, 0.2) is 0 Å². The van der Waals surface area contributed by atoms with E-state index in [1.807, 2.05) is 12.3 Å². The van der Waals surface area contributed by atoms with Gasteiger partial charge in [-0.15, -0.1) is 11.3 Å². The molecule has 0 aliphatic rings. The molecule has 8 heteroatoms. The number of aromatic nitrogens is 1. The van der Waals surface area contributed by atoms with Crippen molar-refractivity contribution in [3.05, 3.63) is 49.2 Å². The van der Waals surface area contributed by atoms with Gasteiger partial charge in [-0.2, -0.15) is 0 Å². The van der Waals surface area contributed by atoms with E-state index in [0.29, 0.717) is 0 Å². The molecule has 0 saturated heterocycles. The molecule has 0 spiro atoms. The van der Waals surface area contributed by atoms with Crippen molar-refractivity contribution in [3.8, 4) is 0 Å². The predicted molar refractivity (Wildman–Crippen MR) is 72.2 cm³/mol. The number of aryl methyl sites for hydroxylation is 1. The summed E-state index contributed by atoms with van der Waals surface area (Å²) >= 11 is 7.01. The number of hydrogen-bond donors (Lipinski definition) is 1. The summed E-state index contributed by atoms with van der Waals surface area (Å²) < 4.78 is 13.3. The van der Waals surface area contributed by atoms with Crippen molar-refractivity contribution >= 4 is 34.3 Å². The molecule has 0 amide bonds. The second-order valence-electron chi connectivity index (χ2n) is 3.75. The standard InChI is InChI=1S/C11H9ClFN3O2S/c1-6-15-7(5-19-6)4-14-10-3-9(13)8(12)2-11(10)16(17)18/h2-3,5,14H,4H2,1H3. The van der Waals surface area contributed by atoms with Gasteiger partial charge in [-0.3, -0.25) is 10.1 Å². The lowest BCUT2D eigenvalue weighted by Gasteiger charge is -2.06. The monoisotopic (exact) mass is 301 g/mol. The van der Waals surface area contributed by atoms with Crippen molar-refractivity contribution < 1.29 is 9.31 Å². The molecule has 0 unspecified atom stereocenters. The first kappa shape index (κ1) is 13.7. The van der Waals surface area contributed by atoms with Crippen molar-refractivity contribution in [2.24, 2.45) is 0 Å². The Labute approximate surface area is 117 Å². The Morgan fingerprint density at radius 2 is 2.32 bits per heavy atom. The van der Waals surface area contributed by atoms with E-state index >= 15 is 0 Å². The molecular formula is C11H9ClFN3O2S. The molecule has 0 fully saturated rings. The Morgan fingerprint density at radius 3 is 2.89 bits per heavy atom. The summed E-state index contributed by atoms with van der Waals surface area (Å²) in [5.74, 6) is -0.704. The fourth-order valence-corrected chi connectivity index (χ4v) is 2.27. The number of nitro benzene ring substituents is 1. The fourth-order valence-electron chi connectivity index (χ4n) is 1.50. The smallest absolute Gasteiger partial charge is 0.294 e. The lowest BCUT2D eigenvalue weighted by atomic mass is 10.2. The first-order chi connectivity index (χ1) is 8.97. The minimum atomic E-state index is -0.704. The summed E-state index contributed by atoms with van der Waals surface area (Å²) in [6.45, 7) is 2.14. The molecule has 5 nitrogen and oxygen atoms in total. The molecule has 0 radical (unpaired) electrons. The number of benzene rings is 1.